The number of rotatable bonds is 5. The summed E-state index contributed by atoms with van der Waals surface area (Å²) in [5.74, 6) is -0.228. The fraction of sp³-hybridized carbons (Fsp3) is 0.125. The van der Waals surface area contributed by atoms with E-state index >= 15 is 0 Å². The predicted octanol–water partition coefficient (Wildman–Crippen LogP) is 2.67. The third kappa shape index (κ3) is 4.03. The van der Waals surface area contributed by atoms with Gasteiger partial charge in [-0.05, 0) is 19.1 Å². The molecule has 2 heterocycles. The number of aromatic nitrogens is 3. The maximum atomic E-state index is 12.3. The summed E-state index contributed by atoms with van der Waals surface area (Å²) in [7, 11) is -3.74. The molecular weight excluding hydrogens is 374 g/mol. The van der Waals surface area contributed by atoms with Crippen molar-refractivity contribution < 1.29 is 13.2 Å². The Morgan fingerprint density at radius 2 is 1.77 bits per heavy atom. The Bertz CT molecular complexity index is 1030. The van der Waals surface area contributed by atoms with Gasteiger partial charge in [0.2, 0.25) is 11.9 Å². The number of nitrogens with one attached hydrogen (secondary N) is 2. The van der Waals surface area contributed by atoms with Crippen LogP contribution in [0, 0.1) is 6.92 Å². The van der Waals surface area contributed by atoms with Crippen LogP contribution < -0.4 is 10.0 Å². The van der Waals surface area contributed by atoms with Crippen molar-refractivity contribution >= 4 is 38.3 Å². The first-order valence-electron chi connectivity index (χ1n) is 7.50. The Labute approximate surface area is 154 Å². The van der Waals surface area contributed by atoms with Gasteiger partial charge in [0.25, 0.3) is 10.0 Å². The zero-order valence-electron chi connectivity index (χ0n) is 13.9. The van der Waals surface area contributed by atoms with Gasteiger partial charge in [0, 0.05) is 24.9 Å². The SMILES string of the molecule is CC(=O)Nc1nc(C)c(-c2cnc(NS(=O)(=O)c3ccccc3)nc2)s1. The number of thiazole rings is 1. The minimum absolute atomic E-state index is 0.0261. The predicted molar refractivity (Wildman–Crippen MR) is 99.4 cm³/mol. The molecule has 0 saturated heterocycles. The van der Waals surface area contributed by atoms with Gasteiger partial charge >= 0.3 is 0 Å². The van der Waals surface area contributed by atoms with Gasteiger partial charge in [-0.2, -0.15) is 0 Å². The van der Waals surface area contributed by atoms with E-state index in [0.717, 1.165) is 10.6 Å². The highest BCUT2D eigenvalue weighted by molar-refractivity contribution is 7.92. The first-order valence-corrected chi connectivity index (χ1v) is 9.80. The normalized spacial score (nSPS) is 11.2. The van der Waals surface area contributed by atoms with Gasteiger partial charge in [-0.25, -0.2) is 28.1 Å². The van der Waals surface area contributed by atoms with Crippen molar-refractivity contribution in [3.63, 3.8) is 0 Å². The third-order valence-electron chi connectivity index (χ3n) is 3.27. The topological polar surface area (TPSA) is 114 Å². The van der Waals surface area contributed by atoms with Crippen molar-refractivity contribution in [3.05, 3.63) is 48.4 Å². The molecule has 2 aromatic heterocycles. The summed E-state index contributed by atoms with van der Waals surface area (Å²) in [6.07, 6.45) is 3.02. The van der Waals surface area contributed by atoms with E-state index in [1.165, 1.54) is 42.8 Å². The van der Waals surface area contributed by atoms with Crippen LogP contribution in [0.4, 0.5) is 11.1 Å². The van der Waals surface area contributed by atoms with E-state index in [9.17, 15) is 13.2 Å². The molecule has 8 nitrogen and oxygen atoms in total. The van der Waals surface area contributed by atoms with E-state index in [1.54, 1.807) is 18.2 Å². The number of anilines is 2. The average Bonchev–Trinajstić information content (AvgIpc) is 2.95. The summed E-state index contributed by atoms with van der Waals surface area (Å²) >= 11 is 1.30. The highest BCUT2D eigenvalue weighted by atomic mass is 32.2. The van der Waals surface area contributed by atoms with Crippen molar-refractivity contribution in [1.82, 2.24) is 15.0 Å². The van der Waals surface area contributed by atoms with E-state index in [4.69, 9.17) is 0 Å². The summed E-state index contributed by atoms with van der Waals surface area (Å²) < 4.78 is 26.9. The van der Waals surface area contributed by atoms with Crippen LogP contribution in [0.1, 0.15) is 12.6 Å². The molecule has 2 N–H and O–H groups in total. The van der Waals surface area contributed by atoms with Crippen LogP contribution >= 0.6 is 11.3 Å². The lowest BCUT2D eigenvalue weighted by Crippen LogP contribution is -2.14. The molecule has 0 saturated carbocycles. The Morgan fingerprint density at radius 1 is 1.12 bits per heavy atom. The van der Waals surface area contributed by atoms with Crippen molar-refractivity contribution in [1.29, 1.82) is 0 Å². The van der Waals surface area contributed by atoms with E-state index in [2.05, 4.69) is 25.0 Å². The van der Waals surface area contributed by atoms with Crippen LogP contribution in [-0.2, 0) is 14.8 Å². The van der Waals surface area contributed by atoms with Crippen molar-refractivity contribution in [2.45, 2.75) is 18.7 Å². The van der Waals surface area contributed by atoms with Gasteiger partial charge in [-0.1, -0.05) is 29.5 Å². The average molecular weight is 389 g/mol. The molecule has 0 aliphatic carbocycles. The number of benzene rings is 1. The first kappa shape index (κ1) is 18.0. The minimum Gasteiger partial charge on any atom is -0.302 e. The number of hydrogen-bond acceptors (Lipinski definition) is 7. The van der Waals surface area contributed by atoms with Crippen molar-refractivity contribution in [2.24, 2.45) is 0 Å². The Morgan fingerprint density at radius 3 is 2.38 bits per heavy atom. The van der Waals surface area contributed by atoms with Gasteiger partial charge in [0.1, 0.15) is 0 Å². The van der Waals surface area contributed by atoms with Gasteiger partial charge < -0.3 is 5.32 Å². The Balaban J connectivity index is 1.81. The van der Waals surface area contributed by atoms with Crippen LogP contribution in [0.15, 0.2) is 47.6 Å². The van der Waals surface area contributed by atoms with E-state index < -0.39 is 10.0 Å². The Kier molecular flexibility index (Phi) is 4.96. The number of aryl methyl sites for hydroxylation is 1. The van der Waals surface area contributed by atoms with E-state index in [1.807, 2.05) is 6.92 Å². The molecule has 1 aromatic carbocycles. The molecule has 1 amide bonds. The number of hydrogen-bond donors (Lipinski definition) is 2. The van der Waals surface area contributed by atoms with Crippen molar-refractivity contribution in [3.8, 4) is 10.4 Å². The number of carbonyl (C=O) groups is 1. The Hall–Kier alpha value is -2.85. The zero-order chi connectivity index (χ0) is 18.7. The lowest BCUT2D eigenvalue weighted by Gasteiger charge is -2.06. The monoisotopic (exact) mass is 389 g/mol. The summed E-state index contributed by atoms with van der Waals surface area (Å²) in [5, 5.41) is 3.12. The first-order chi connectivity index (χ1) is 12.3. The highest BCUT2D eigenvalue weighted by Crippen LogP contribution is 2.32. The van der Waals surface area contributed by atoms with Crippen LogP contribution in [0.5, 0.6) is 0 Å². The molecule has 3 aromatic rings. The quantitative estimate of drug-likeness (QED) is 0.693. The molecule has 26 heavy (non-hydrogen) atoms. The smallest absolute Gasteiger partial charge is 0.264 e. The van der Waals surface area contributed by atoms with Crippen LogP contribution in [0.25, 0.3) is 10.4 Å². The van der Waals surface area contributed by atoms with Gasteiger partial charge in [0.05, 0.1) is 15.5 Å². The molecule has 3 rings (SSSR count). The molecule has 10 heteroatoms. The van der Waals surface area contributed by atoms with Crippen molar-refractivity contribution in [2.75, 3.05) is 10.0 Å². The molecule has 0 radical (unpaired) electrons. The number of amides is 1. The molecular formula is C16H15N5O3S2. The maximum Gasteiger partial charge on any atom is 0.264 e. The standard InChI is InChI=1S/C16H15N5O3S2/c1-10-14(25-16(19-10)20-11(2)22)12-8-17-15(18-9-12)21-26(23,24)13-6-4-3-5-7-13/h3-9H,1-2H3,(H,17,18,21)(H,19,20,22). The molecule has 0 atom stereocenters. The number of nitrogens with zero attached hydrogens (tertiary/aromatic N) is 3. The van der Waals surface area contributed by atoms with E-state index in [0.29, 0.717) is 10.7 Å². The lowest BCUT2D eigenvalue weighted by atomic mass is 10.2. The van der Waals surface area contributed by atoms with E-state index in [-0.39, 0.29) is 16.8 Å². The fourth-order valence-electron chi connectivity index (χ4n) is 2.15. The van der Waals surface area contributed by atoms with Crippen LogP contribution in [0.3, 0.4) is 0 Å². The second-order valence-corrected chi connectivity index (χ2v) is 8.01. The molecule has 0 fully saturated rings. The van der Waals surface area contributed by atoms with Crippen LogP contribution in [-0.4, -0.2) is 29.3 Å². The van der Waals surface area contributed by atoms with Gasteiger partial charge in [-0.15, -0.1) is 0 Å². The molecule has 0 aliphatic heterocycles. The second kappa shape index (κ2) is 7.18. The summed E-state index contributed by atoms with van der Waals surface area (Å²) in [6.45, 7) is 3.22. The largest absolute Gasteiger partial charge is 0.302 e. The molecule has 134 valence electrons. The van der Waals surface area contributed by atoms with Gasteiger partial charge in [0.15, 0.2) is 5.13 Å². The molecule has 0 aliphatic rings. The zero-order valence-corrected chi connectivity index (χ0v) is 15.6. The van der Waals surface area contributed by atoms with Crippen LogP contribution in [0.2, 0.25) is 0 Å². The highest BCUT2D eigenvalue weighted by Gasteiger charge is 2.16. The third-order valence-corrected chi connectivity index (χ3v) is 5.74. The fourth-order valence-corrected chi connectivity index (χ4v) is 4.11. The summed E-state index contributed by atoms with van der Waals surface area (Å²) in [6, 6.07) is 7.98. The van der Waals surface area contributed by atoms with Gasteiger partial charge in [-0.3, -0.25) is 4.79 Å². The minimum atomic E-state index is -3.74. The molecule has 0 unspecified atom stereocenters. The number of carbonyl (C=O) groups excluding carboxylic acids is 1. The molecule has 0 spiro atoms. The lowest BCUT2D eigenvalue weighted by molar-refractivity contribution is -0.114. The second-order valence-electron chi connectivity index (χ2n) is 5.33. The maximum absolute atomic E-state index is 12.3. The summed E-state index contributed by atoms with van der Waals surface area (Å²) in [4.78, 5) is 24.5. The number of sulfonamides is 1. The summed E-state index contributed by atoms with van der Waals surface area (Å²) in [5.41, 5.74) is 1.40. The molecule has 0 bridgehead atoms.